The van der Waals surface area contributed by atoms with Crippen molar-refractivity contribution >= 4 is 43.2 Å². The minimum absolute atomic E-state index is 0.151. The summed E-state index contributed by atoms with van der Waals surface area (Å²) < 4.78 is 32.8. The summed E-state index contributed by atoms with van der Waals surface area (Å²) in [5.74, 6) is 0.298. The molecule has 1 N–H and O–H groups in total. The van der Waals surface area contributed by atoms with Gasteiger partial charge < -0.3 is 10.1 Å². The lowest BCUT2D eigenvalue weighted by Crippen LogP contribution is -2.26. The molecular formula is C21H19BrN2O4S. The second kappa shape index (κ2) is 8.67. The molecule has 3 rings (SSSR count). The SMILES string of the molecule is COc1ccc(S(=O)(=O)N(C)c2ccc(C(=O)Nc3ccc(Br)cc3)cc2)cc1. The third kappa shape index (κ3) is 4.78. The number of methoxy groups -OCH3 is 1. The molecule has 8 heteroatoms. The lowest BCUT2D eigenvalue weighted by atomic mass is 10.2. The first-order chi connectivity index (χ1) is 13.8. The van der Waals surface area contributed by atoms with Gasteiger partial charge in [-0.15, -0.1) is 0 Å². The van der Waals surface area contributed by atoms with E-state index in [1.807, 2.05) is 12.1 Å². The molecule has 0 aliphatic heterocycles. The molecule has 0 atom stereocenters. The van der Waals surface area contributed by atoms with Gasteiger partial charge in [0.1, 0.15) is 5.75 Å². The van der Waals surface area contributed by atoms with Crippen LogP contribution in [0.15, 0.2) is 82.2 Å². The maximum Gasteiger partial charge on any atom is 0.264 e. The highest BCUT2D eigenvalue weighted by molar-refractivity contribution is 9.10. The molecule has 0 saturated heterocycles. The Hall–Kier alpha value is -2.84. The molecule has 1 amide bonds. The zero-order chi connectivity index (χ0) is 21.0. The molecule has 0 spiro atoms. The number of carbonyl (C=O) groups excluding carboxylic acids is 1. The molecule has 0 aliphatic rings. The van der Waals surface area contributed by atoms with Gasteiger partial charge in [-0.05, 0) is 72.8 Å². The molecule has 6 nitrogen and oxygen atoms in total. The number of anilines is 2. The topological polar surface area (TPSA) is 75.7 Å². The molecule has 0 fully saturated rings. The van der Waals surface area contributed by atoms with Crippen LogP contribution < -0.4 is 14.4 Å². The molecule has 0 radical (unpaired) electrons. The van der Waals surface area contributed by atoms with Crippen LogP contribution in [0.25, 0.3) is 0 Å². The van der Waals surface area contributed by atoms with Gasteiger partial charge in [-0.25, -0.2) is 8.42 Å². The number of ether oxygens (including phenoxy) is 1. The van der Waals surface area contributed by atoms with Crippen molar-refractivity contribution in [3.8, 4) is 5.75 Å². The van der Waals surface area contributed by atoms with Gasteiger partial charge >= 0.3 is 0 Å². The second-order valence-electron chi connectivity index (χ2n) is 6.16. The minimum atomic E-state index is -3.73. The van der Waals surface area contributed by atoms with Gasteiger partial charge in [-0.2, -0.15) is 0 Å². The van der Waals surface area contributed by atoms with Crippen molar-refractivity contribution in [2.45, 2.75) is 4.90 Å². The van der Waals surface area contributed by atoms with Crippen LogP contribution >= 0.6 is 15.9 Å². The summed E-state index contributed by atoms with van der Waals surface area (Å²) in [6.45, 7) is 0. The standard InChI is InChI=1S/C21H19BrN2O4S/c1-24(29(26,27)20-13-11-19(28-2)12-14-20)18-9-3-15(4-10-18)21(25)23-17-7-5-16(22)6-8-17/h3-14H,1-2H3,(H,23,25). The molecule has 0 heterocycles. The Labute approximate surface area is 178 Å². The highest BCUT2D eigenvalue weighted by Gasteiger charge is 2.21. The Balaban J connectivity index is 1.75. The third-order valence-electron chi connectivity index (χ3n) is 4.31. The molecule has 0 aliphatic carbocycles. The summed E-state index contributed by atoms with van der Waals surface area (Å²) in [6.07, 6.45) is 0. The quantitative estimate of drug-likeness (QED) is 0.568. The Morgan fingerprint density at radius 2 is 1.52 bits per heavy atom. The number of benzene rings is 3. The highest BCUT2D eigenvalue weighted by atomic mass is 79.9. The third-order valence-corrected chi connectivity index (χ3v) is 6.64. The van der Waals surface area contributed by atoms with Crippen LogP contribution in [0.3, 0.4) is 0 Å². The Kier molecular flexibility index (Phi) is 6.24. The van der Waals surface area contributed by atoms with E-state index < -0.39 is 10.0 Å². The summed E-state index contributed by atoms with van der Waals surface area (Å²) in [4.78, 5) is 12.5. The van der Waals surface area contributed by atoms with Gasteiger partial charge in [-0.3, -0.25) is 9.10 Å². The maximum atomic E-state index is 12.8. The predicted molar refractivity (Wildman–Crippen MR) is 117 cm³/mol. The van der Waals surface area contributed by atoms with Gasteiger partial charge in [-0.1, -0.05) is 15.9 Å². The molecule has 0 saturated carbocycles. The first kappa shape index (κ1) is 20.9. The van der Waals surface area contributed by atoms with Crippen molar-refractivity contribution in [1.29, 1.82) is 0 Å². The van der Waals surface area contributed by atoms with Crippen molar-refractivity contribution in [3.63, 3.8) is 0 Å². The first-order valence-corrected chi connectivity index (χ1v) is 10.8. The zero-order valence-electron chi connectivity index (χ0n) is 15.8. The van der Waals surface area contributed by atoms with Gasteiger partial charge in [0, 0.05) is 22.8 Å². The monoisotopic (exact) mass is 474 g/mol. The van der Waals surface area contributed by atoms with E-state index in [9.17, 15) is 13.2 Å². The van der Waals surface area contributed by atoms with Crippen LogP contribution in [-0.2, 0) is 10.0 Å². The fourth-order valence-corrected chi connectivity index (χ4v) is 4.06. The molecular weight excluding hydrogens is 456 g/mol. The molecule has 150 valence electrons. The average molecular weight is 475 g/mol. The van der Waals surface area contributed by atoms with E-state index in [1.54, 1.807) is 48.5 Å². The van der Waals surface area contributed by atoms with E-state index in [1.165, 1.54) is 30.6 Å². The van der Waals surface area contributed by atoms with E-state index in [0.29, 0.717) is 22.7 Å². The number of nitrogens with one attached hydrogen (secondary N) is 1. The van der Waals surface area contributed by atoms with E-state index in [2.05, 4.69) is 21.2 Å². The molecule has 0 bridgehead atoms. The second-order valence-corrected chi connectivity index (χ2v) is 9.04. The predicted octanol–water partition coefficient (Wildman–Crippen LogP) is 4.54. The lowest BCUT2D eigenvalue weighted by molar-refractivity contribution is 0.102. The molecule has 3 aromatic carbocycles. The lowest BCUT2D eigenvalue weighted by Gasteiger charge is -2.20. The van der Waals surface area contributed by atoms with E-state index in [4.69, 9.17) is 4.74 Å². The maximum absolute atomic E-state index is 12.8. The van der Waals surface area contributed by atoms with E-state index in [0.717, 1.165) is 4.47 Å². The molecule has 0 unspecified atom stereocenters. The smallest absolute Gasteiger partial charge is 0.264 e. The summed E-state index contributed by atoms with van der Waals surface area (Å²) >= 11 is 3.35. The Morgan fingerprint density at radius 3 is 2.07 bits per heavy atom. The summed E-state index contributed by atoms with van der Waals surface area (Å²) in [6, 6.07) is 19.8. The summed E-state index contributed by atoms with van der Waals surface area (Å²) in [5.41, 5.74) is 1.54. The van der Waals surface area contributed by atoms with Gasteiger partial charge in [0.2, 0.25) is 0 Å². The van der Waals surface area contributed by atoms with Crippen LogP contribution in [0, 0.1) is 0 Å². The fraction of sp³-hybridized carbons (Fsp3) is 0.0952. The van der Waals surface area contributed by atoms with E-state index >= 15 is 0 Å². The first-order valence-electron chi connectivity index (χ1n) is 8.61. The van der Waals surface area contributed by atoms with Crippen molar-refractivity contribution in [2.24, 2.45) is 0 Å². The van der Waals surface area contributed by atoms with Crippen LogP contribution in [-0.4, -0.2) is 28.5 Å². The molecule has 0 aromatic heterocycles. The minimum Gasteiger partial charge on any atom is -0.497 e. The van der Waals surface area contributed by atoms with Crippen molar-refractivity contribution in [2.75, 3.05) is 23.8 Å². The number of rotatable bonds is 6. The van der Waals surface area contributed by atoms with Crippen LogP contribution in [0.2, 0.25) is 0 Å². The van der Waals surface area contributed by atoms with Crippen molar-refractivity contribution < 1.29 is 17.9 Å². The van der Waals surface area contributed by atoms with Crippen molar-refractivity contribution in [1.82, 2.24) is 0 Å². The Bertz CT molecular complexity index is 1100. The number of amides is 1. The summed E-state index contributed by atoms with van der Waals surface area (Å²) in [7, 11) is -0.743. The van der Waals surface area contributed by atoms with Gasteiger partial charge in [0.25, 0.3) is 15.9 Å². The van der Waals surface area contributed by atoms with E-state index in [-0.39, 0.29) is 10.8 Å². The number of hydrogen-bond donors (Lipinski definition) is 1. The molecule has 29 heavy (non-hydrogen) atoms. The fourth-order valence-electron chi connectivity index (χ4n) is 2.60. The Morgan fingerprint density at radius 1 is 0.931 bits per heavy atom. The number of halogens is 1. The number of nitrogens with zero attached hydrogens (tertiary/aromatic N) is 1. The number of hydrogen-bond acceptors (Lipinski definition) is 4. The van der Waals surface area contributed by atoms with Crippen molar-refractivity contribution in [3.05, 3.63) is 82.8 Å². The van der Waals surface area contributed by atoms with Crippen LogP contribution in [0.4, 0.5) is 11.4 Å². The average Bonchev–Trinajstić information content (AvgIpc) is 2.75. The van der Waals surface area contributed by atoms with Crippen LogP contribution in [0.1, 0.15) is 10.4 Å². The summed E-state index contributed by atoms with van der Waals surface area (Å²) in [5, 5.41) is 2.80. The zero-order valence-corrected chi connectivity index (χ0v) is 18.2. The van der Waals surface area contributed by atoms with Gasteiger partial charge in [0.15, 0.2) is 0 Å². The van der Waals surface area contributed by atoms with Gasteiger partial charge in [0.05, 0.1) is 17.7 Å². The number of sulfonamides is 1. The van der Waals surface area contributed by atoms with Crippen LogP contribution in [0.5, 0.6) is 5.75 Å². The highest BCUT2D eigenvalue weighted by Crippen LogP contribution is 2.24. The molecule has 3 aromatic rings. The normalized spacial score (nSPS) is 11.0. The largest absolute Gasteiger partial charge is 0.497 e. The number of carbonyl (C=O) groups is 1.